The van der Waals surface area contributed by atoms with Gasteiger partial charge in [-0.05, 0) is 0 Å². The van der Waals surface area contributed by atoms with Gasteiger partial charge in [0.05, 0.1) is 13.5 Å². The van der Waals surface area contributed by atoms with E-state index in [4.69, 9.17) is 0 Å². The van der Waals surface area contributed by atoms with Gasteiger partial charge in [0.2, 0.25) is 0 Å². The second-order valence-electron chi connectivity index (χ2n) is 1.33. The van der Waals surface area contributed by atoms with Gasteiger partial charge in [-0.1, -0.05) is 0 Å². The molecular formula is C5H8O4. The molecule has 0 aliphatic rings. The average molecular weight is 132 g/mol. The third kappa shape index (κ3) is 4.96. The van der Waals surface area contributed by atoms with Crippen LogP contribution in [0.3, 0.4) is 0 Å². The monoisotopic (exact) mass is 132 g/mol. The number of rotatable bonds is 4. The van der Waals surface area contributed by atoms with Crippen LogP contribution >= 0.6 is 0 Å². The molecule has 4 heteroatoms. The van der Waals surface area contributed by atoms with Gasteiger partial charge >= 0.3 is 5.97 Å². The lowest BCUT2D eigenvalue weighted by Gasteiger charge is -1.94. The van der Waals surface area contributed by atoms with E-state index in [0.717, 1.165) is 0 Å². The van der Waals surface area contributed by atoms with Gasteiger partial charge < -0.3 is 4.79 Å². The van der Waals surface area contributed by atoms with Crippen LogP contribution in [0.2, 0.25) is 0 Å². The fourth-order valence-corrected chi connectivity index (χ4v) is 0.311. The maximum atomic E-state index is 10.3. The largest absolute Gasteiger partial charge is 0.342 e. The first-order valence-corrected chi connectivity index (χ1v) is 2.48. The van der Waals surface area contributed by atoms with Gasteiger partial charge in [0.1, 0.15) is 6.29 Å². The first-order valence-electron chi connectivity index (χ1n) is 2.48. The van der Waals surface area contributed by atoms with Gasteiger partial charge in [0.25, 0.3) is 0 Å². The summed E-state index contributed by atoms with van der Waals surface area (Å²) in [5.41, 5.74) is 0. The minimum absolute atomic E-state index is 0.0807. The maximum Gasteiger partial charge on any atom is 0.342 e. The summed E-state index contributed by atoms with van der Waals surface area (Å²) in [6, 6.07) is 0. The molecule has 0 atom stereocenters. The van der Waals surface area contributed by atoms with E-state index in [-0.39, 0.29) is 12.8 Å². The van der Waals surface area contributed by atoms with Crippen LogP contribution in [0.25, 0.3) is 0 Å². The smallest absolute Gasteiger partial charge is 0.303 e. The normalized spacial score (nSPS) is 8.56. The number of aldehydes is 1. The quantitative estimate of drug-likeness (QED) is 0.308. The average Bonchev–Trinajstić information content (AvgIpc) is 1.85. The van der Waals surface area contributed by atoms with Crippen LogP contribution in [-0.2, 0) is 19.4 Å². The predicted octanol–water partition coefficient (Wildman–Crippen LogP) is 0.0701. The summed E-state index contributed by atoms with van der Waals surface area (Å²) in [5.74, 6) is -0.524. The van der Waals surface area contributed by atoms with E-state index in [2.05, 4.69) is 9.78 Å². The number of carbonyl (C=O) groups excluding carboxylic acids is 2. The molecule has 0 aromatic heterocycles. The predicted molar refractivity (Wildman–Crippen MR) is 28.4 cm³/mol. The summed E-state index contributed by atoms with van der Waals surface area (Å²) in [7, 11) is 1.23. The highest BCUT2D eigenvalue weighted by atomic mass is 17.2. The van der Waals surface area contributed by atoms with Crippen LogP contribution in [0.15, 0.2) is 0 Å². The molecule has 9 heavy (non-hydrogen) atoms. The lowest BCUT2D eigenvalue weighted by molar-refractivity contribution is -0.254. The zero-order valence-corrected chi connectivity index (χ0v) is 5.12. The Morgan fingerprint density at radius 1 is 1.67 bits per heavy atom. The molecule has 4 nitrogen and oxygen atoms in total. The third-order valence-electron chi connectivity index (χ3n) is 0.643. The minimum atomic E-state index is -0.524. The molecule has 52 valence electrons. The molecule has 0 saturated carbocycles. The Morgan fingerprint density at radius 3 is 2.78 bits per heavy atom. The fourth-order valence-electron chi connectivity index (χ4n) is 0.311. The molecule has 0 aromatic carbocycles. The molecule has 0 rings (SSSR count). The highest BCUT2D eigenvalue weighted by Crippen LogP contribution is 1.88. The van der Waals surface area contributed by atoms with E-state index in [1.165, 1.54) is 7.11 Å². The molecule has 0 spiro atoms. The molecule has 0 saturated heterocycles. The molecule has 0 aromatic rings. The van der Waals surface area contributed by atoms with E-state index in [1.54, 1.807) is 0 Å². The Bertz CT molecular complexity index is 99.1. The van der Waals surface area contributed by atoms with Gasteiger partial charge in [0.15, 0.2) is 0 Å². The van der Waals surface area contributed by atoms with Gasteiger partial charge in [-0.25, -0.2) is 4.79 Å². The van der Waals surface area contributed by atoms with Crippen LogP contribution in [0.5, 0.6) is 0 Å². The van der Waals surface area contributed by atoms with E-state index in [0.29, 0.717) is 6.29 Å². The van der Waals surface area contributed by atoms with Crippen molar-refractivity contribution in [3.8, 4) is 0 Å². The first-order chi connectivity index (χ1) is 4.31. The minimum Gasteiger partial charge on any atom is -0.303 e. The molecule has 0 bridgehead atoms. The van der Waals surface area contributed by atoms with Gasteiger partial charge in [-0.15, -0.1) is 0 Å². The number of hydrogen-bond acceptors (Lipinski definition) is 4. The van der Waals surface area contributed by atoms with Crippen molar-refractivity contribution in [3.63, 3.8) is 0 Å². The van der Waals surface area contributed by atoms with Crippen molar-refractivity contribution in [2.24, 2.45) is 0 Å². The van der Waals surface area contributed by atoms with Gasteiger partial charge in [-0.2, -0.15) is 4.89 Å². The van der Waals surface area contributed by atoms with Crippen molar-refractivity contribution in [3.05, 3.63) is 0 Å². The van der Waals surface area contributed by atoms with E-state index in [9.17, 15) is 9.59 Å². The van der Waals surface area contributed by atoms with Crippen molar-refractivity contribution in [2.45, 2.75) is 12.8 Å². The van der Waals surface area contributed by atoms with Crippen LogP contribution in [0.1, 0.15) is 12.8 Å². The molecule has 0 aliphatic heterocycles. The second-order valence-corrected chi connectivity index (χ2v) is 1.33. The van der Waals surface area contributed by atoms with E-state index >= 15 is 0 Å². The molecule has 0 unspecified atom stereocenters. The zero-order chi connectivity index (χ0) is 7.11. The SMILES string of the molecule is COOC(=O)CCC=O. The Balaban J connectivity index is 3.16. The first kappa shape index (κ1) is 8.10. The van der Waals surface area contributed by atoms with Crippen LogP contribution in [-0.4, -0.2) is 19.4 Å². The fraction of sp³-hybridized carbons (Fsp3) is 0.600. The number of carbonyl (C=O) groups is 2. The number of hydrogen-bond donors (Lipinski definition) is 0. The van der Waals surface area contributed by atoms with E-state index in [1.807, 2.05) is 0 Å². The van der Waals surface area contributed by atoms with Crippen molar-refractivity contribution in [1.82, 2.24) is 0 Å². The highest BCUT2D eigenvalue weighted by molar-refractivity contribution is 5.71. The summed E-state index contributed by atoms with van der Waals surface area (Å²) >= 11 is 0. The molecular weight excluding hydrogens is 124 g/mol. The highest BCUT2D eigenvalue weighted by Gasteiger charge is 1.99. The summed E-state index contributed by atoms with van der Waals surface area (Å²) < 4.78 is 0. The van der Waals surface area contributed by atoms with Crippen LogP contribution < -0.4 is 0 Å². The van der Waals surface area contributed by atoms with Crippen molar-refractivity contribution in [2.75, 3.05) is 7.11 Å². The zero-order valence-electron chi connectivity index (χ0n) is 5.12. The molecule has 0 heterocycles. The molecule has 0 N–H and O–H groups in total. The van der Waals surface area contributed by atoms with Crippen LogP contribution in [0, 0.1) is 0 Å². The lowest BCUT2D eigenvalue weighted by Crippen LogP contribution is -2.02. The standard InChI is InChI=1S/C5H8O4/c1-8-9-5(7)3-2-4-6/h4H,2-3H2,1H3. The topological polar surface area (TPSA) is 52.6 Å². The van der Waals surface area contributed by atoms with Gasteiger partial charge in [-0.3, -0.25) is 4.89 Å². The molecule has 0 aliphatic carbocycles. The summed E-state index contributed by atoms with van der Waals surface area (Å²) in [6.07, 6.45) is 0.913. The van der Waals surface area contributed by atoms with E-state index < -0.39 is 5.97 Å². The Morgan fingerprint density at radius 2 is 2.33 bits per heavy atom. The Kier molecular flexibility index (Phi) is 4.72. The third-order valence-corrected chi connectivity index (χ3v) is 0.643. The summed E-state index contributed by atoms with van der Waals surface area (Å²) in [4.78, 5) is 28.0. The van der Waals surface area contributed by atoms with Crippen molar-refractivity contribution < 1.29 is 19.4 Å². The van der Waals surface area contributed by atoms with Crippen LogP contribution in [0.4, 0.5) is 0 Å². The van der Waals surface area contributed by atoms with Crippen molar-refractivity contribution >= 4 is 12.3 Å². The second kappa shape index (κ2) is 5.24. The molecule has 0 radical (unpaired) electrons. The summed E-state index contributed by atoms with van der Waals surface area (Å²) in [6.45, 7) is 0. The van der Waals surface area contributed by atoms with Gasteiger partial charge in [0, 0.05) is 6.42 Å². The Hall–Kier alpha value is -0.900. The molecule has 0 fully saturated rings. The summed E-state index contributed by atoms with van der Waals surface area (Å²) in [5, 5.41) is 0. The Labute approximate surface area is 52.7 Å². The molecule has 0 amide bonds. The lowest BCUT2D eigenvalue weighted by atomic mass is 10.3. The van der Waals surface area contributed by atoms with Crippen molar-refractivity contribution in [1.29, 1.82) is 0 Å². The maximum absolute atomic E-state index is 10.3.